The third-order valence-electron chi connectivity index (χ3n) is 4.62. The first-order chi connectivity index (χ1) is 11.8. The lowest BCUT2D eigenvalue weighted by atomic mass is 10.2. The fraction of sp³-hybridized carbons (Fsp3) is 0.0455. The van der Waals surface area contributed by atoms with E-state index in [2.05, 4.69) is 97.7 Å². The summed E-state index contributed by atoms with van der Waals surface area (Å²) in [6, 6.07) is 32.3. The molecule has 0 aliphatic rings. The van der Waals surface area contributed by atoms with E-state index in [1.807, 2.05) is 6.20 Å². The molecule has 0 atom stereocenters. The van der Waals surface area contributed by atoms with Crippen molar-refractivity contribution >= 4 is 34.1 Å². The SMILES string of the molecule is C[P+](c1ccccc1)(c1ccccc1)c1nccc2ccccc12. The van der Waals surface area contributed by atoms with Crippen LogP contribution < -0.4 is 16.0 Å². The van der Waals surface area contributed by atoms with Crippen LogP contribution in [0.25, 0.3) is 10.8 Å². The number of pyridine rings is 1. The van der Waals surface area contributed by atoms with E-state index in [9.17, 15) is 0 Å². The Kier molecular flexibility index (Phi) is 3.88. The highest BCUT2D eigenvalue weighted by atomic mass is 31.2. The zero-order chi connectivity index (χ0) is 16.4. The Labute approximate surface area is 143 Å². The Morgan fingerprint density at radius 2 is 1.17 bits per heavy atom. The smallest absolute Gasteiger partial charge is 0.200 e. The maximum absolute atomic E-state index is 4.88. The molecule has 0 fully saturated rings. The van der Waals surface area contributed by atoms with Crippen LogP contribution in [0.1, 0.15) is 0 Å². The molecule has 116 valence electrons. The number of benzene rings is 3. The summed E-state index contributed by atoms with van der Waals surface area (Å²) in [7, 11) is -1.78. The number of fused-ring (bicyclic) bond motifs is 1. The fourth-order valence-electron chi connectivity index (χ4n) is 3.31. The topological polar surface area (TPSA) is 12.9 Å². The van der Waals surface area contributed by atoms with Gasteiger partial charge in [-0.05, 0) is 41.8 Å². The van der Waals surface area contributed by atoms with Crippen LogP contribution >= 0.6 is 7.26 Å². The van der Waals surface area contributed by atoms with Crippen molar-refractivity contribution in [2.24, 2.45) is 0 Å². The maximum Gasteiger partial charge on any atom is 0.200 e. The molecule has 0 saturated carbocycles. The van der Waals surface area contributed by atoms with Crippen LogP contribution in [0.4, 0.5) is 0 Å². The zero-order valence-electron chi connectivity index (χ0n) is 13.6. The highest BCUT2D eigenvalue weighted by molar-refractivity contribution is 7.95. The number of nitrogens with zero attached hydrogens (tertiary/aromatic N) is 1. The Balaban J connectivity index is 2.07. The van der Waals surface area contributed by atoms with E-state index in [0.29, 0.717) is 0 Å². The lowest BCUT2D eigenvalue weighted by Gasteiger charge is -2.23. The molecule has 0 amide bonds. The predicted octanol–water partition coefficient (Wildman–Crippen LogP) is 4.16. The molecule has 24 heavy (non-hydrogen) atoms. The van der Waals surface area contributed by atoms with E-state index in [4.69, 9.17) is 4.98 Å². The van der Waals surface area contributed by atoms with Crippen molar-refractivity contribution in [2.45, 2.75) is 0 Å². The molecule has 0 spiro atoms. The van der Waals surface area contributed by atoms with Crippen molar-refractivity contribution in [3.8, 4) is 0 Å². The van der Waals surface area contributed by atoms with Crippen LogP contribution in [-0.4, -0.2) is 11.6 Å². The highest BCUT2D eigenvalue weighted by Gasteiger charge is 2.42. The van der Waals surface area contributed by atoms with Crippen LogP contribution in [0.2, 0.25) is 0 Å². The van der Waals surface area contributed by atoms with Gasteiger partial charge in [-0.2, -0.15) is 0 Å². The quantitative estimate of drug-likeness (QED) is 0.515. The zero-order valence-corrected chi connectivity index (χ0v) is 14.5. The summed E-state index contributed by atoms with van der Waals surface area (Å²) in [5.74, 6) is 0. The second-order valence-electron chi connectivity index (χ2n) is 6.03. The van der Waals surface area contributed by atoms with Crippen molar-refractivity contribution in [1.82, 2.24) is 4.98 Å². The molecule has 0 N–H and O–H groups in total. The van der Waals surface area contributed by atoms with E-state index in [-0.39, 0.29) is 0 Å². The molecule has 1 nitrogen and oxygen atoms in total. The summed E-state index contributed by atoms with van der Waals surface area (Å²) in [6.45, 7) is 2.38. The normalized spacial score (nSPS) is 11.5. The molecular weight excluding hydrogens is 309 g/mol. The average Bonchev–Trinajstić information content (AvgIpc) is 2.68. The molecule has 0 radical (unpaired) electrons. The van der Waals surface area contributed by atoms with Gasteiger partial charge in [-0.1, -0.05) is 54.6 Å². The maximum atomic E-state index is 4.88. The van der Waals surface area contributed by atoms with Crippen LogP contribution in [0, 0.1) is 0 Å². The Morgan fingerprint density at radius 3 is 1.79 bits per heavy atom. The first kappa shape index (κ1) is 15.1. The van der Waals surface area contributed by atoms with Gasteiger partial charge in [0.25, 0.3) is 0 Å². The first-order valence-electron chi connectivity index (χ1n) is 8.12. The van der Waals surface area contributed by atoms with Crippen molar-refractivity contribution in [3.63, 3.8) is 0 Å². The molecule has 0 saturated heterocycles. The third kappa shape index (κ3) is 2.42. The van der Waals surface area contributed by atoms with Gasteiger partial charge in [0.2, 0.25) is 0 Å². The molecule has 0 unspecified atom stereocenters. The average molecular weight is 328 g/mol. The molecule has 0 aliphatic heterocycles. The van der Waals surface area contributed by atoms with E-state index >= 15 is 0 Å². The number of hydrogen-bond acceptors (Lipinski definition) is 1. The van der Waals surface area contributed by atoms with Crippen LogP contribution in [0.15, 0.2) is 97.2 Å². The molecule has 2 heteroatoms. The number of hydrogen-bond donors (Lipinski definition) is 0. The van der Waals surface area contributed by atoms with Gasteiger partial charge < -0.3 is 0 Å². The summed E-state index contributed by atoms with van der Waals surface area (Å²) in [4.78, 5) is 4.88. The third-order valence-corrected chi connectivity index (χ3v) is 8.49. The minimum atomic E-state index is -1.78. The summed E-state index contributed by atoms with van der Waals surface area (Å²) in [6.07, 6.45) is 1.95. The fourth-order valence-corrected chi connectivity index (χ4v) is 6.61. The summed E-state index contributed by atoms with van der Waals surface area (Å²) in [5.41, 5.74) is 1.21. The van der Waals surface area contributed by atoms with Crippen LogP contribution in [0.3, 0.4) is 0 Å². The van der Waals surface area contributed by atoms with Gasteiger partial charge in [-0.25, -0.2) is 4.98 Å². The van der Waals surface area contributed by atoms with Gasteiger partial charge in [0, 0.05) is 11.6 Å². The summed E-state index contributed by atoms with van der Waals surface area (Å²) >= 11 is 0. The summed E-state index contributed by atoms with van der Waals surface area (Å²) < 4.78 is 0. The Morgan fingerprint density at radius 1 is 0.625 bits per heavy atom. The first-order valence-corrected chi connectivity index (χ1v) is 10.4. The second-order valence-corrected chi connectivity index (χ2v) is 9.50. The minimum Gasteiger partial charge on any atom is -0.221 e. The predicted molar refractivity (Wildman–Crippen MR) is 106 cm³/mol. The lowest BCUT2D eigenvalue weighted by Crippen LogP contribution is -2.32. The van der Waals surface area contributed by atoms with Gasteiger partial charge >= 0.3 is 0 Å². The van der Waals surface area contributed by atoms with Crippen molar-refractivity contribution < 1.29 is 0 Å². The van der Waals surface area contributed by atoms with Crippen molar-refractivity contribution in [1.29, 1.82) is 0 Å². The largest absolute Gasteiger partial charge is 0.221 e. The molecule has 4 rings (SSSR count). The number of aromatic nitrogens is 1. The molecular formula is C22H19NP+. The van der Waals surface area contributed by atoms with Crippen LogP contribution in [-0.2, 0) is 0 Å². The lowest BCUT2D eigenvalue weighted by molar-refractivity contribution is 1.41. The molecule has 1 heterocycles. The molecule has 0 bridgehead atoms. The van der Waals surface area contributed by atoms with E-state index in [1.165, 1.54) is 26.8 Å². The van der Waals surface area contributed by atoms with Gasteiger partial charge in [-0.3, -0.25) is 0 Å². The Hall–Kier alpha value is -2.50. The van der Waals surface area contributed by atoms with Gasteiger partial charge in [0.05, 0.1) is 6.66 Å². The van der Waals surface area contributed by atoms with Gasteiger partial charge in [0.15, 0.2) is 5.44 Å². The molecule has 1 aromatic heterocycles. The Bertz CT molecular complexity index is 920. The second kappa shape index (κ2) is 6.19. The molecule has 4 aromatic rings. The van der Waals surface area contributed by atoms with Crippen LogP contribution in [0.5, 0.6) is 0 Å². The highest BCUT2D eigenvalue weighted by Crippen LogP contribution is 2.52. The minimum absolute atomic E-state index is 1.21. The summed E-state index contributed by atoms with van der Waals surface area (Å²) in [5, 5.41) is 5.23. The number of rotatable bonds is 3. The van der Waals surface area contributed by atoms with Crippen molar-refractivity contribution in [3.05, 3.63) is 97.2 Å². The molecule has 0 aliphatic carbocycles. The van der Waals surface area contributed by atoms with E-state index in [0.717, 1.165) is 0 Å². The van der Waals surface area contributed by atoms with Gasteiger partial charge in [0.1, 0.15) is 17.9 Å². The molecule has 3 aromatic carbocycles. The van der Waals surface area contributed by atoms with E-state index in [1.54, 1.807) is 0 Å². The standard InChI is InChI=1S/C22H19NP/c1-24(19-11-4-2-5-12-19,20-13-6-3-7-14-20)22-21-15-9-8-10-18(21)16-17-23-22/h2-17H,1H3/q+1. The van der Waals surface area contributed by atoms with E-state index < -0.39 is 7.26 Å². The van der Waals surface area contributed by atoms with Gasteiger partial charge in [-0.15, -0.1) is 0 Å². The monoisotopic (exact) mass is 328 g/mol. The van der Waals surface area contributed by atoms with Crippen molar-refractivity contribution in [2.75, 3.05) is 6.66 Å².